The van der Waals surface area contributed by atoms with E-state index in [4.69, 9.17) is 9.47 Å². The number of carbonyl (C=O) groups is 4. The molecule has 0 aromatic rings. The summed E-state index contributed by atoms with van der Waals surface area (Å²) >= 11 is 0. The van der Waals surface area contributed by atoms with E-state index in [0.29, 0.717) is 38.5 Å². The number of carbonyl (C=O) groups excluding carboxylic acids is 4. The fourth-order valence-electron chi connectivity index (χ4n) is 8.98. The largest absolute Gasteiger partial charge is 1.00 e. The molecule has 0 rings (SSSR count). The number of carboxylic acid groups (broad SMARTS) is 2. The summed E-state index contributed by atoms with van der Waals surface area (Å²) < 4.78 is 76.0. The van der Waals surface area contributed by atoms with Gasteiger partial charge in [-0.15, -0.1) is 0 Å². The number of unbranched alkanes of at least 4 members (excludes halogenated alkanes) is 34. The van der Waals surface area contributed by atoms with Crippen molar-refractivity contribution in [3.8, 4) is 0 Å². The molecule has 0 aliphatic heterocycles. The molecular formula is C54H102Na2O14S2. The first kappa shape index (κ1) is 78.2. The van der Waals surface area contributed by atoms with Gasteiger partial charge in [0.15, 0.2) is 5.25 Å². The maximum absolute atomic E-state index is 12.3. The molecular weight excluding hydrogens is 983 g/mol. The average molecular weight is 1090 g/mol. The van der Waals surface area contributed by atoms with Gasteiger partial charge >= 0.3 is 71.1 Å². The van der Waals surface area contributed by atoms with Crippen LogP contribution >= 0.6 is 0 Å². The van der Waals surface area contributed by atoms with Gasteiger partial charge in [0.1, 0.15) is 5.25 Å². The Balaban J connectivity index is -0.000000633. The van der Waals surface area contributed by atoms with Crippen molar-refractivity contribution in [2.75, 3.05) is 13.2 Å². The van der Waals surface area contributed by atoms with Crippen LogP contribution in [0, 0.1) is 5.41 Å². The van der Waals surface area contributed by atoms with Crippen LogP contribution in [0.5, 0.6) is 0 Å². The molecule has 0 heterocycles. The number of rotatable bonds is 50. The van der Waals surface area contributed by atoms with Crippen molar-refractivity contribution in [2.24, 2.45) is 5.41 Å². The summed E-state index contributed by atoms with van der Waals surface area (Å²) in [5.41, 5.74) is -2.19. The van der Waals surface area contributed by atoms with Crippen molar-refractivity contribution in [2.45, 2.75) is 301 Å². The van der Waals surface area contributed by atoms with E-state index in [0.717, 1.165) is 77.0 Å². The van der Waals surface area contributed by atoms with Gasteiger partial charge in [-0.25, -0.2) is 0 Å². The predicted octanol–water partition coefficient (Wildman–Crippen LogP) is 6.14. The molecule has 72 heavy (non-hydrogen) atoms. The van der Waals surface area contributed by atoms with E-state index < -0.39 is 66.4 Å². The van der Waals surface area contributed by atoms with Crippen LogP contribution in [0.1, 0.15) is 291 Å². The molecule has 0 aromatic heterocycles. The molecule has 0 aliphatic rings. The maximum Gasteiger partial charge on any atom is 1.00 e. The Morgan fingerprint density at radius 3 is 0.931 bits per heavy atom. The molecule has 0 aromatic carbocycles. The van der Waals surface area contributed by atoms with Crippen molar-refractivity contribution < 1.29 is 124 Å². The Hall–Kier alpha value is -0.300. The summed E-state index contributed by atoms with van der Waals surface area (Å²) in [6.45, 7) is 8.99. The first-order valence-electron chi connectivity index (χ1n) is 28.1. The SMILES string of the molecule is CCCCCCCCCCCCCC(CCCCCCCCCCCCC)(C(=O)[O-])C(C(=O)[O-])S(=O)(=O)O.CCCCCCCCCCOC(=O)CC(C(=O)OCCCCCCCCCC)S(=O)(=O)O.[Na+].[Na+]. The van der Waals surface area contributed by atoms with Crippen molar-refractivity contribution in [1.29, 1.82) is 0 Å². The van der Waals surface area contributed by atoms with Crippen molar-refractivity contribution >= 4 is 44.1 Å². The number of hydrogen-bond acceptors (Lipinski definition) is 12. The van der Waals surface area contributed by atoms with E-state index in [-0.39, 0.29) is 85.2 Å². The summed E-state index contributed by atoms with van der Waals surface area (Å²) in [6, 6.07) is 0. The van der Waals surface area contributed by atoms with Crippen molar-refractivity contribution in [1.82, 2.24) is 0 Å². The Kier molecular flexibility index (Phi) is 57.3. The van der Waals surface area contributed by atoms with Gasteiger partial charge in [-0.2, -0.15) is 16.8 Å². The number of ether oxygens (including phenoxy) is 2. The number of aliphatic carboxylic acids is 2. The van der Waals surface area contributed by atoms with Crippen LogP contribution in [0.2, 0.25) is 0 Å². The summed E-state index contributed by atoms with van der Waals surface area (Å²) in [4.78, 5) is 48.0. The van der Waals surface area contributed by atoms with Crippen LogP contribution in [0.25, 0.3) is 0 Å². The minimum atomic E-state index is -5.18. The molecule has 0 saturated heterocycles. The molecule has 416 valence electrons. The molecule has 2 atom stereocenters. The van der Waals surface area contributed by atoms with Crippen LogP contribution in [0.4, 0.5) is 0 Å². The molecule has 0 bridgehead atoms. The zero-order valence-corrected chi connectivity index (χ0v) is 52.3. The van der Waals surface area contributed by atoms with Gasteiger partial charge in [0.2, 0.25) is 0 Å². The molecule has 14 nitrogen and oxygen atoms in total. The van der Waals surface area contributed by atoms with Gasteiger partial charge < -0.3 is 29.3 Å². The third-order valence-electron chi connectivity index (χ3n) is 13.4. The van der Waals surface area contributed by atoms with Gasteiger partial charge in [0.05, 0.1) is 25.6 Å². The van der Waals surface area contributed by atoms with Crippen molar-refractivity contribution in [3.63, 3.8) is 0 Å². The second kappa shape index (κ2) is 52.7. The fraction of sp³-hybridized carbons (Fsp3) is 0.926. The summed E-state index contributed by atoms with van der Waals surface area (Å²) in [6.07, 6.45) is 39.1. The van der Waals surface area contributed by atoms with Crippen LogP contribution in [0.15, 0.2) is 0 Å². The number of carboxylic acids is 2. The molecule has 18 heteroatoms. The molecule has 0 saturated carbocycles. The predicted molar refractivity (Wildman–Crippen MR) is 277 cm³/mol. The Morgan fingerprint density at radius 1 is 0.417 bits per heavy atom. The molecule has 0 fully saturated rings. The van der Waals surface area contributed by atoms with E-state index >= 15 is 0 Å². The number of hydrogen-bond donors (Lipinski definition) is 2. The minimum Gasteiger partial charge on any atom is -0.549 e. The molecule has 2 N–H and O–H groups in total. The summed E-state index contributed by atoms with van der Waals surface area (Å²) in [5, 5.41) is 19.6. The van der Waals surface area contributed by atoms with E-state index in [1.165, 1.54) is 128 Å². The van der Waals surface area contributed by atoms with Crippen LogP contribution in [-0.2, 0) is 48.9 Å². The van der Waals surface area contributed by atoms with E-state index in [1.807, 2.05) is 0 Å². The summed E-state index contributed by atoms with van der Waals surface area (Å²) in [7, 11) is -9.92. The van der Waals surface area contributed by atoms with Gasteiger partial charge in [-0.1, -0.05) is 259 Å². The average Bonchev–Trinajstić information content (AvgIpc) is 3.29. The van der Waals surface area contributed by atoms with E-state index in [2.05, 4.69) is 27.7 Å². The molecule has 0 amide bonds. The quantitative estimate of drug-likeness (QED) is 0.0301. The Morgan fingerprint density at radius 2 is 0.681 bits per heavy atom. The monoisotopic (exact) mass is 1080 g/mol. The number of esters is 2. The fourth-order valence-corrected chi connectivity index (χ4v) is 10.8. The second-order valence-corrected chi connectivity index (χ2v) is 22.9. The van der Waals surface area contributed by atoms with E-state index in [1.54, 1.807) is 0 Å². The standard InChI is InChI=1S/C30H58O7S.C24H46O7S.2Na/c1-3-5-7-9-11-13-15-17-19-21-23-25-30(29(33)34,27(28(31)32)38(35,36)37)26-24-22-20-18-16-14-12-10-8-6-4-2;1-3-5-7-9-11-13-15-17-19-30-23(25)21-22(32(27,28)29)24(26)31-20-18-16-14-12-10-8-6-4-2;;/h27H,3-26H2,1-2H3,(H,31,32)(H,33,34)(H,35,36,37);22H,3-21H2,1-2H3,(H,27,28,29);;/q;;2*+1/p-2. The minimum absolute atomic E-state index is 0. The van der Waals surface area contributed by atoms with Gasteiger partial charge in [0, 0.05) is 11.4 Å². The topological polar surface area (TPSA) is 242 Å². The second-order valence-electron chi connectivity index (χ2n) is 19.8. The molecule has 0 aliphatic carbocycles. The molecule has 0 spiro atoms. The third kappa shape index (κ3) is 44.8. The third-order valence-corrected chi connectivity index (χ3v) is 15.7. The molecule has 0 radical (unpaired) electrons. The van der Waals surface area contributed by atoms with Gasteiger partial charge in [-0.05, 0) is 25.7 Å². The summed E-state index contributed by atoms with van der Waals surface area (Å²) in [5.74, 6) is -5.73. The van der Waals surface area contributed by atoms with Gasteiger partial charge in [0.25, 0.3) is 20.2 Å². The molecule has 2 unspecified atom stereocenters. The maximum atomic E-state index is 12.3. The Labute approximate surface area is 484 Å². The van der Waals surface area contributed by atoms with Crippen LogP contribution in [0.3, 0.4) is 0 Å². The van der Waals surface area contributed by atoms with Crippen LogP contribution in [-0.4, -0.2) is 73.5 Å². The zero-order valence-electron chi connectivity index (χ0n) is 46.7. The smallest absolute Gasteiger partial charge is 0.549 e. The Bertz CT molecular complexity index is 1490. The normalized spacial score (nSPS) is 12.4. The van der Waals surface area contributed by atoms with Crippen LogP contribution < -0.4 is 69.3 Å². The first-order valence-corrected chi connectivity index (χ1v) is 31.1. The zero-order chi connectivity index (χ0) is 52.8. The van der Waals surface area contributed by atoms with Crippen molar-refractivity contribution in [3.05, 3.63) is 0 Å². The van der Waals surface area contributed by atoms with E-state index in [9.17, 15) is 55.3 Å². The first-order chi connectivity index (χ1) is 33.5. The van der Waals surface area contributed by atoms with Gasteiger partial charge in [-0.3, -0.25) is 18.7 Å².